The number of hydrogen-bond donors (Lipinski definition) is 0. The lowest BCUT2D eigenvalue weighted by Crippen LogP contribution is -2.18. The van der Waals surface area contributed by atoms with E-state index in [0.717, 1.165) is 39.4 Å². The van der Waals surface area contributed by atoms with Gasteiger partial charge in [-0.1, -0.05) is 106 Å². The highest BCUT2D eigenvalue weighted by molar-refractivity contribution is 5.97. The molecular formula is C27H23N3. The molecule has 0 bridgehead atoms. The molecule has 3 nitrogen and oxygen atoms in total. The van der Waals surface area contributed by atoms with E-state index in [1.54, 1.807) is 0 Å². The van der Waals surface area contributed by atoms with Gasteiger partial charge in [-0.2, -0.15) is 0 Å². The van der Waals surface area contributed by atoms with Crippen LogP contribution in [0.2, 0.25) is 0 Å². The molecule has 4 aromatic carbocycles. The van der Waals surface area contributed by atoms with Gasteiger partial charge in [0.1, 0.15) is 5.82 Å². The first-order valence-corrected chi connectivity index (χ1v) is 10.2. The van der Waals surface area contributed by atoms with Crippen molar-refractivity contribution in [1.29, 1.82) is 0 Å². The second-order valence-electron chi connectivity index (χ2n) is 8.61. The Morgan fingerprint density at radius 1 is 0.500 bits per heavy atom. The Bertz CT molecular complexity index is 1270. The van der Waals surface area contributed by atoms with Crippen LogP contribution in [0.25, 0.3) is 44.3 Å². The number of rotatable bonds is 2. The first-order chi connectivity index (χ1) is 14.5. The van der Waals surface area contributed by atoms with Crippen molar-refractivity contribution in [2.24, 2.45) is 0 Å². The Balaban J connectivity index is 1.81. The number of benzene rings is 4. The monoisotopic (exact) mass is 389 g/mol. The number of nitrogens with zero attached hydrogens (tertiary/aromatic N) is 3. The summed E-state index contributed by atoms with van der Waals surface area (Å²) in [7, 11) is 0. The van der Waals surface area contributed by atoms with E-state index >= 15 is 0 Å². The molecule has 1 aromatic heterocycles. The van der Waals surface area contributed by atoms with Crippen LogP contribution in [0.1, 0.15) is 26.6 Å². The summed E-state index contributed by atoms with van der Waals surface area (Å²) in [6, 6.07) is 29.3. The maximum absolute atomic E-state index is 4.97. The normalized spacial score (nSPS) is 11.8. The van der Waals surface area contributed by atoms with Crippen LogP contribution in [0.3, 0.4) is 0 Å². The van der Waals surface area contributed by atoms with E-state index < -0.39 is 0 Å². The summed E-state index contributed by atoms with van der Waals surface area (Å²) in [5, 5.41) is 4.66. The standard InChI is InChI=1S/C27H23N3/c1-27(2,3)26-29-24(22-16-8-12-18-10-4-6-14-20(18)22)28-25(30-26)23-17-9-13-19-11-5-7-15-21(19)23/h4-17H,1-3H3. The zero-order valence-electron chi connectivity index (χ0n) is 17.4. The molecule has 0 aliphatic heterocycles. The molecule has 0 spiro atoms. The Kier molecular flexibility index (Phi) is 4.32. The summed E-state index contributed by atoms with van der Waals surface area (Å²) in [5.41, 5.74) is 1.87. The predicted molar refractivity (Wildman–Crippen MR) is 124 cm³/mol. The number of aromatic nitrogens is 3. The van der Waals surface area contributed by atoms with E-state index in [0.29, 0.717) is 0 Å². The SMILES string of the molecule is CC(C)(C)c1nc(-c2cccc3ccccc23)nc(-c2cccc3ccccc23)n1. The molecule has 0 radical (unpaired) electrons. The maximum Gasteiger partial charge on any atom is 0.164 e. The molecule has 30 heavy (non-hydrogen) atoms. The zero-order valence-corrected chi connectivity index (χ0v) is 17.4. The molecule has 5 aromatic rings. The third-order valence-electron chi connectivity index (χ3n) is 5.37. The van der Waals surface area contributed by atoms with Gasteiger partial charge in [0.25, 0.3) is 0 Å². The van der Waals surface area contributed by atoms with Crippen molar-refractivity contribution in [3.8, 4) is 22.8 Å². The molecule has 1 heterocycles. The van der Waals surface area contributed by atoms with Gasteiger partial charge in [0, 0.05) is 16.5 Å². The van der Waals surface area contributed by atoms with E-state index in [1.165, 1.54) is 10.8 Å². The molecule has 5 rings (SSSR count). The van der Waals surface area contributed by atoms with Gasteiger partial charge in [-0.25, -0.2) is 15.0 Å². The molecule has 146 valence electrons. The lowest BCUT2D eigenvalue weighted by Gasteiger charge is -2.19. The highest BCUT2D eigenvalue weighted by Gasteiger charge is 2.22. The number of fused-ring (bicyclic) bond motifs is 2. The van der Waals surface area contributed by atoms with Gasteiger partial charge in [0.05, 0.1) is 0 Å². The van der Waals surface area contributed by atoms with Crippen molar-refractivity contribution < 1.29 is 0 Å². The minimum absolute atomic E-state index is 0.193. The Morgan fingerprint density at radius 2 is 0.933 bits per heavy atom. The number of hydrogen-bond acceptors (Lipinski definition) is 3. The molecule has 3 heteroatoms. The summed E-state index contributed by atoms with van der Waals surface area (Å²) in [4.78, 5) is 14.8. The van der Waals surface area contributed by atoms with Crippen molar-refractivity contribution in [2.75, 3.05) is 0 Å². The average molecular weight is 390 g/mol. The van der Waals surface area contributed by atoms with Gasteiger partial charge in [-0.15, -0.1) is 0 Å². The Labute approximate surface area is 176 Å². The average Bonchev–Trinajstić information content (AvgIpc) is 2.77. The quantitative estimate of drug-likeness (QED) is 0.333. The van der Waals surface area contributed by atoms with E-state index in [9.17, 15) is 0 Å². The minimum Gasteiger partial charge on any atom is -0.212 e. The third-order valence-corrected chi connectivity index (χ3v) is 5.37. The van der Waals surface area contributed by atoms with Crippen LogP contribution < -0.4 is 0 Å². The van der Waals surface area contributed by atoms with E-state index in [2.05, 4.69) is 106 Å². The van der Waals surface area contributed by atoms with Crippen molar-refractivity contribution in [3.05, 3.63) is 90.8 Å². The fourth-order valence-corrected chi connectivity index (χ4v) is 3.79. The van der Waals surface area contributed by atoms with Crippen LogP contribution in [-0.2, 0) is 5.41 Å². The second-order valence-corrected chi connectivity index (χ2v) is 8.61. The first-order valence-electron chi connectivity index (χ1n) is 10.2. The maximum atomic E-state index is 4.97. The summed E-state index contributed by atoms with van der Waals surface area (Å²) in [5.74, 6) is 2.23. The van der Waals surface area contributed by atoms with Gasteiger partial charge in [-0.05, 0) is 21.5 Å². The molecule has 0 aliphatic rings. The molecular weight excluding hydrogens is 366 g/mol. The molecule has 0 amide bonds. The molecule has 0 fully saturated rings. The minimum atomic E-state index is -0.193. The van der Waals surface area contributed by atoms with Crippen LogP contribution in [0, 0.1) is 0 Å². The van der Waals surface area contributed by atoms with Gasteiger partial charge in [0.15, 0.2) is 11.6 Å². The second kappa shape index (κ2) is 7.03. The van der Waals surface area contributed by atoms with Crippen LogP contribution in [-0.4, -0.2) is 15.0 Å². The molecule has 0 aliphatic carbocycles. The van der Waals surface area contributed by atoms with Crippen LogP contribution in [0.4, 0.5) is 0 Å². The van der Waals surface area contributed by atoms with Gasteiger partial charge in [0.2, 0.25) is 0 Å². The lowest BCUT2D eigenvalue weighted by molar-refractivity contribution is 0.544. The molecule has 0 saturated carbocycles. The third kappa shape index (κ3) is 3.22. The van der Waals surface area contributed by atoms with Crippen LogP contribution in [0.15, 0.2) is 84.9 Å². The molecule has 0 N–H and O–H groups in total. The molecule has 0 unspecified atom stereocenters. The highest BCUT2D eigenvalue weighted by Crippen LogP contribution is 2.32. The fraction of sp³-hybridized carbons (Fsp3) is 0.148. The summed E-state index contributed by atoms with van der Waals surface area (Å²) in [6.45, 7) is 6.42. The lowest BCUT2D eigenvalue weighted by atomic mass is 9.95. The van der Waals surface area contributed by atoms with E-state index in [-0.39, 0.29) is 5.41 Å². The largest absolute Gasteiger partial charge is 0.212 e. The summed E-state index contributed by atoms with van der Waals surface area (Å²) in [6.07, 6.45) is 0. The van der Waals surface area contributed by atoms with Gasteiger partial charge < -0.3 is 0 Å². The van der Waals surface area contributed by atoms with Crippen molar-refractivity contribution in [1.82, 2.24) is 15.0 Å². The Morgan fingerprint density at radius 3 is 1.40 bits per heavy atom. The summed E-state index contributed by atoms with van der Waals surface area (Å²) >= 11 is 0. The van der Waals surface area contributed by atoms with Crippen LogP contribution in [0.5, 0.6) is 0 Å². The van der Waals surface area contributed by atoms with Crippen molar-refractivity contribution >= 4 is 21.5 Å². The molecule has 0 saturated heterocycles. The fourth-order valence-electron chi connectivity index (χ4n) is 3.79. The van der Waals surface area contributed by atoms with Crippen LogP contribution >= 0.6 is 0 Å². The van der Waals surface area contributed by atoms with Crippen molar-refractivity contribution in [2.45, 2.75) is 26.2 Å². The first kappa shape index (κ1) is 18.4. The van der Waals surface area contributed by atoms with Gasteiger partial charge >= 0.3 is 0 Å². The molecule has 0 atom stereocenters. The summed E-state index contributed by atoms with van der Waals surface area (Å²) < 4.78 is 0. The smallest absolute Gasteiger partial charge is 0.164 e. The van der Waals surface area contributed by atoms with Gasteiger partial charge in [-0.3, -0.25) is 0 Å². The zero-order chi connectivity index (χ0) is 20.7. The topological polar surface area (TPSA) is 38.7 Å². The van der Waals surface area contributed by atoms with Crippen molar-refractivity contribution in [3.63, 3.8) is 0 Å². The predicted octanol–water partition coefficient (Wildman–Crippen LogP) is 6.81. The highest BCUT2D eigenvalue weighted by atomic mass is 15.0. The Hall–Kier alpha value is -3.59. The van der Waals surface area contributed by atoms with E-state index in [1.807, 2.05) is 0 Å². The van der Waals surface area contributed by atoms with E-state index in [4.69, 9.17) is 15.0 Å².